The molecule has 1 aliphatic rings. The van der Waals surface area contributed by atoms with Crippen LogP contribution in [0.5, 0.6) is 0 Å². The van der Waals surface area contributed by atoms with E-state index in [9.17, 15) is 0 Å². The van der Waals surface area contributed by atoms with E-state index in [4.69, 9.17) is 17.3 Å². The highest BCUT2D eigenvalue weighted by Crippen LogP contribution is 2.35. The number of hydrogen-bond donors (Lipinski definition) is 1. The zero-order chi connectivity index (χ0) is 12.4. The first-order chi connectivity index (χ1) is 8.11. The lowest BCUT2D eigenvalue weighted by atomic mass is 9.92. The second-order valence-electron chi connectivity index (χ2n) is 5.32. The fraction of sp³-hybridized carbons (Fsp3) is 0.769. The van der Waals surface area contributed by atoms with Crippen LogP contribution in [0.1, 0.15) is 63.6 Å². The van der Waals surface area contributed by atoms with Gasteiger partial charge in [-0.1, -0.05) is 30.9 Å². The Labute approximate surface area is 108 Å². The van der Waals surface area contributed by atoms with Crippen molar-refractivity contribution in [2.75, 3.05) is 0 Å². The molecule has 2 unspecified atom stereocenters. The fourth-order valence-corrected chi connectivity index (χ4v) is 3.06. The van der Waals surface area contributed by atoms with Gasteiger partial charge in [0.25, 0.3) is 0 Å². The van der Waals surface area contributed by atoms with Crippen LogP contribution >= 0.6 is 11.6 Å². The minimum atomic E-state index is 0.226. The van der Waals surface area contributed by atoms with Crippen molar-refractivity contribution in [3.05, 3.63) is 16.9 Å². The largest absolute Gasteiger partial charge is 0.327 e. The number of halogens is 1. The van der Waals surface area contributed by atoms with Crippen molar-refractivity contribution in [1.29, 1.82) is 0 Å². The molecule has 2 atom stereocenters. The average Bonchev–Trinajstić information content (AvgIpc) is 2.52. The van der Waals surface area contributed by atoms with E-state index >= 15 is 0 Å². The van der Waals surface area contributed by atoms with E-state index in [1.807, 2.05) is 4.68 Å². The molecule has 96 valence electrons. The Morgan fingerprint density at radius 2 is 2.06 bits per heavy atom. The predicted molar refractivity (Wildman–Crippen MR) is 71.4 cm³/mol. The maximum absolute atomic E-state index is 6.31. The summed E-state index contributed by atoms with van der Waals surface area (Å²) in [7, 11) is 0. The first kappa shape index (κ1) is 12.9. The average molecular weight is 256 g/mol. The second-order valence-corrected chi connectivity index (χ2v) is 5.73. The third-order valence-electron chi connectivity index (χ3n) is 3.70. The molecule has 0 bridgehead atoms. The zero-order valence-electron chi connectivity index (χ0n) is 10.7. The number of nitrogens with two attached hydrogens (primary N) is 1. The van der Waals surface area contributed by atoms with Gasteiger partial charge in [0.1, 0.15) is 0 Å². The molecule has 0 aromatic carbocycles. The maximum Gasteiger partial charge on any atom is 0.0821 e. The molecular weight excluding hydrogens is 234 g/mol. The number of aromatic nitrogens is 2. The predicted octanol–water partition coefficient (Wildman–Crippen LogP) is 3.49. The summed E-state index contributed by atoms with van der Waals surface area (Å²) in [6, 6.07) is 0.567. The highest BCUT2D eigenvalue weighted by molar-refractivity contribution is 6.31. The summed E-state index contributed by atoms with van der Waals surface area (Å²) in [5.41, 5.74) is 7.46. The summed E-state index contributed by atoms with van der Waals surface area (Å²) in [5, 5.41) is 5.16. The minimum Gasteiger partial charge on any atom is -0.327 e. The Kier molecular flexibility index (Phi) is 4.10. The molecule has 1 fully saturated rings. The molecule has 1 saturated carbocycles. The van der Waals surface area contributed by atoms with Crippen LogP contribution in [0, 0.1) is 0 Å². The third kappa shape index (κ3) is 2.66. The molecule has 2 rings (SSSR count). The van der Waals surface area contributed by atoms with Crippen LogP contribution in [0.15, 0.2) is 6.20 Å². The second kappa shape index (κ2) is 5.40. The molecule has 1 aromatic heterocycles. The molecule has 0 amide bonds. The van der Waals surface area contributed by atoms with E-state index in [1.54, 1.807) is 6.20 Å². The quantitative estimate of drug-likeness (QED) is 0.822. The number of rotatable bonds is 2. The lowest BCUT2D eigenvalue weighted by molar-refractivity contribution is 0.433. The minimum absolute atomic E-state index is 0.226. The van der Waals surface area contributed by atoms with Crippen molar-refractivity contribution >= 4 is 11.6 Å². The van der Waals surface area contributed by atoms with Crippen LogP contribution in [-0.4, -0.2) is 15.8 Å². The lowest BCUT2D eigenvalue weighted by Gasteiger charge is -2.24. The van der Waals surface area contributed by atoms with E-state index in [-0.39, 0.29) is 6.04 Å². The third-order valence-corrected chi connectivity index (χ3v) is 3.99. The molecule has 0 radical (unpaired) electrons. The van der Waals surface area contributed by atoms with Gasteiger partial charge in [-0.15, -0.1) is 0 Å². The normalized spacial score (nSPS) is 26.2. The van der Waals surface area contributed by atoms with Gasteiger partial charge in [-0.05, 0) is 26.7 Å². The van der Waals surface area contributed by atoms with E-state index in [2.05, 4.69) is 18.9 Å². The SMILES string of the molecule is CC(C)n1ncc(Cl)c1C1CCCCCC1N. The summed E-state index contributed by atoms with van der Waals surface area (Å²) in [4.78, 5) is 0. The molecule has 4 heteroatoms. The summed E-state index contributed by atoms with van der Waals surface area (Å²) < 4.78 is 2.04. The van der Waals surface area contributed by atoms with E-state index in [1.165, 1.54) is 19.3 Å². The van der Waals surface area contributed by atoms with E-state index in [0.717, 1.165) is 23.6 Å². The van der Waals surface area contributed by atoms with Gasteiger partial charge < -0.3 is 5.73 Å². The molecule has 0 spiro atoms. The van der Waals surface area contributed by atoms with Crippen molar-refractivity contribution in [1.82, 2.24) is 9.78 Å². The van der Waals surface area contributed by atoms with Crippen LogP contribution in [0.4, 0.5) is 0 Å². The molecule has 3 nitrogen and oxygen atoms in total. The number of nitrogens with zero attached hydrogens (tertiary/aromatic N) is 2. The Morgan fingerprint density at radius 3 is 2.76 bits per heavy atom. The van der Waals surface area contributed by atoms with Crippen molar-refractivity contribution in [2.45, 2.75) is 64.0 Å². The van der Waals surface area contributed by atoms with Gasteiger partial charge in [-0.2, -0.15) is 5.10 Å². The lowest BCUT2D eigenvalue weighted by Crippen LogP contribution is -2.29. The number of hydrogen-bond acceptors (Lipinski definition) is 2. The van der Waals surface area contributed by atoms with Gasteiger partial charge in [0.15, 0.2) is 0 Å². The Morgan fingerprint density at radius 1 is 1.35 bits per heavy atom. The van der Waals surface area contributed by atoms with Gasteiger partial charge in [0.2, 0.25) is 0 Å². The van der Waals surface area contributed by atoms with Gasteiger partial charge in [-0.25, -0.2) is 0 Å². The fourth-order valence-electron chi connectivity index (χ4n) is 2.78. The molecular formula is C13H22ClN3. The van der Waals surface area contributed by atoms with Gasteiger partial charge >= 0.3 is 0 Å². The van der Waals surface area contributed by atoms with Crippen LogP contribution in [-0.2, 0) is 0 Å². The van der Waals surface area contributed by atoms with Crippen LogP contribution in [0.3, 0.4) is 0 Å². The van der Waals surface area contributed by atoms with Gasteiger partial charge in [-0.3, -0.25) is 4.68 Å². The zero-order valence-corrected chi connectivity index (χ0v) is 11.5. The monoisotopic (exact) mass is 255 g/mol. The summed E-state index contributed by atoms with van der Waals surface area (Å²) in [6.45, 7) is 4.27. The molecule has 2 N–H and O–H groups in total. The van der Waals surface area contributed by atoms with Gasteiger partial charge in [0, 0.05) is 18.0 Å². The highest BCUT2D eigenvalue weighted by Gasteiger charge is 2.28. The molecule has 1 aliphatic carbocycles. The standard InChI is InChI=1S/C13H22ClN3/c1-9(2)17-13(11(14)8-16-17)10-6-4-3-5-7-12(10)15/h8-10,12H,3-7,15H2,1-2H3. The Bertz CT molecular complexity index is 373. The Hall–Kier alpha value is -0.540. The Balaban J connectivity index is 2.33. The van der Waals surface area contributed by atoms with E-state index in [0.29, 0.717) is 12.0 Å². The summed E-state index contributed by atoms with van der Waals surface area (Å²) in [6.07, 6.45) is 7.78. The topological polar surface area (TPSA) is 43.8 Å². The summed E-state index contributed by atoms with van der Waals surface area (Å²) in [5.74, 6) is 0.370. The molecule has 17 heavy (non-hydrogen) atoms. The summed E-state index contributed by atoms with van der Waals surface area (Å²) >= 11 is 6.30. The first-order valence-electron chi connectivity index (χ1n) is 6.59. The highest BCUT2D eigenvalue weighted by atomic mass is 35.5. The van der Waals surface area contributed by atoms with Crippen molar-refractivity contribution < 1.29 is 0 Å². The van der Waals surface area contributed by atoms with Crippen LogP contribution in [0.25, 0.3) is 0 Å². The van der Waals surface area contributed by atoms with E-state index < -0.39 is 0 Å². The molecule has 0 saturated heterocycles. The van der Waals surface area contributed by atoms with Crippen molar-refractivity contribution in [2.24, 2.45) is 5.73 Å². The maximum atomic E-state index is 6.31. The van der Waals surface area contributed by atoms with Crippen molar-refractivity contribution in [3.8, 4) is 0 Å². The van der Waals surface area contributed by atoms with Crippen molar-refractivity contribution in [3.63, 3.8) is 0 Å². The van der Waals surface area contributed by atoms with Gasteiger partial charge in [0.05, 0.1) is 16.9 Å². The molecule has 0 aliphatic heterocycles. The molecule has 1 aromatic rings. The molecule has 1 heterocycles. The van der Waals surface area contributed by atoms with Crippen LogP contribution in [0.2, 0.25) is 5.02 Å². The smallest absolute Gasteiger partial charge is 0.0821 e. The first-order valence-corrected chi connectivity index (χ1v) is 6.97. The van der Waals surface area contributed by atoms with Crippen LogP contribution < -0.4 is 5.73 Å².